The van der Waals surface area contributed by atoms with Crippen molar-refractivity contribution < 1.29 is 14.3 Å². The van der Waals surface area contributed by atoms with Crippen LogP contribution in [0.5, 0.6) is 0 Å². The van der Waals surface area contributed by atoms with E-state index in [1.807, 2.05) is 43.9 Å². The maximum atomic E-state index is 12.7. The quantitative estimate of drug-likeness (QED) is 0.836. The third-order valence-corrected chi connectivity index (χ3v) is 4.30. The molecular weight excluding hydrogens is 328 g/mol. The predicted molar refractivity (Wildman–Crippen MR) is 104 cm³/mol. The Kier molecular flexibility index (Phi) is 7.47. The minimum absolute atomic E-state index is 0.120. The fourth-order valence-corrected chi connectivity index (χ4v) is 3.17. The summed E-state index contributed by atoms with van der Waals surface area (Å²) < 4.78 is 11.5. The molecule has 1 aliphatic heterocycles. The summed E-state index contributed by atoms with van der Waals surface area (Å²) in [5.41, 5.74) is 0.675. The Balaban J connectivity index is 1.91. The van der Waals surface area contributed by atoms with E-state index in [-0.39, 0.29) is 18.2 Å². The predicted octanol–water partition coefficient (Wildman–Crippen LogP) is 3.83. The lowest BCUT2D eigenvalue weighted by Crippen LogP contribution is -2.60. The first-order chi connectivity index (χ1) is 12.2. The Bertz CT molecular complexity index is 554. The van der Waals surface area contributed by atoms with Gasteiger partial charge in [0.05, 0.1) is 13.2 Å². The Labute approximate surface area is 158 Å². The van der Waals surface area contributed by atoms with Gasteiger partial charge in [0.15, 0.2) is 0 Å². The number of ether oxygens (including phenoxy) is 2. The van der Waals surface area contributed by atoms with Crippen LogP contribution in [0.2, 0.25) is 0 Å². The minimum atomic E-state index is -0.482. The number of rotatable bonds is 6. The third kappa shape index (κ3) is 6.96. The minimum Gasteiger partial charge on any atom is -0.444 e. The van der Waals surface area contributed by atoms with Crippen LogP contribution in [-0.2, 0) is 16.1 Å². The molecule has 0 unspecified atom stereocenters. The zero-order valence-corrected chi connectivity index (χ0v) is 16.8. The Morgan fingerprint density at radius 1 is 1.27 bits per heavy atom. The lowest BCUT2D eigenvalue weighted by molar-refractivity contribution is -0.00323. The molecule has 146 valence electrons. The summed E-state index contributed by atoms with van der Waals surface area (Å²) in [6.45, 7) is 12.6. The van der Waals surface area contributed by atoms with Crippen molar-refractivity contribution in [2.45, 2.75) is 65.3 Å². The van der Waals surface area contributed by atoms with Crippen molar-refractivity contribution in [1.29, 1.82) is 0 Å². The number of amides is 1. The van der Waals surface area contributed by atoms with Gasteiger partial charge < -0.3 is 19.7 Å². The van der Waals surface area contributed by atoms with Crippen molar-refractivity contribution in [2.75, 3.05) is 19.7 Å². The smallest absolute Gasteiger partial charge is 0.410 e. The normalized spacial score (nSPS) is 21.1. The zero-order valence-electron chi connectivity index (χ0n) is 16.8. The highest BCUT2D eigenvalue weighted by Gasteiger charge is 2.34. The van der Waals surface area contributed by atoms with Gasteiger partial charge in [0.2, 0.25) is 0 Å². The van der Waals surface area contributed by atoms with E-state index in [1.54, 1.807) is 0 Å². The average Bonchev–Trinajstić information content (AvgIpc) is 2.55. The molecule has 2 rings (SSSR count). The van der Waals surface area contributed by atoms with E-state index in [9.17, 15) is 4.79 Å². The first-order valence-corrected chi connectivity index (χ1v) is 9.59. The summed E-state index contributed by atoms with van der Waals surface area (Å²) in [7, 11) is 0. The topological polar surface area (TPSA) is 50.8 Å². The first kappa shape index (κ1) is 20.7. The molecule has 1 aromatic rings. The molecule has 0 radical (unpaired) electrons. The number of carbonyl (C=O) groups excluding carboxylic acids is 1. The molecule has 5 heteroatoms. The lowest BCUT2D eigenvalue weighted by atomic mass is 9.99. The summed E-state index contributed by atoms with van der Waals surface area (Å²) in [5, 5.41) is 3.53. The zero-order chi connectivity index (χ0) is 19.2. The van der Waals surface area contributed by atoms with Gasteiger partial charge in [-0.1, -0.05) is 44.2 Å². The molecule has 1 N–H and O–H groups in total. The Morgan fingerprint density at radius 3 is 2.58 bits per heavy atom. The second-order valence-electron chi connectivity index (χ2n) is 8.52. The summed E-state index contributed by atoms with van der Waals surface area (Å²) in [5.74, 6) is 0.526. The molecule has 0 bridgehead atoms. The van der Waals surface area contributed by atoms with E-state index < -0.39 is 5.60 Å². The van der Waals surface area contributed by atoms with Gasteiger partial charge in [0.1, 0.15) is 5.60 Å². The van der Waals surface area contributed by atoms with Crippen molar-refractivity contribution in [2.24, 2.45) is 5.92 Å². The number of hydrogen-bond donors (Lipinski definition) is 1. The van der Waals surface area contributed by atoms with Gasteiger partial charge in [0.25, 0.3) is 0 Å². The summed E-state index contributed by atoms with van der Waals surface area (Å²) in [6, 6.07) is 10.4. The largest absolute Gasteiger partial charge is 0.444 e. The van der Waals surface area contributed by atoms with E-state index in [0.717, 1.165) is 18.5 Å². The molecule has 1 aromatic carbocycles. The van der Waals surface area contributed by atoms with Crippen molar-refractivity contribution in [3.63, 3.8) is 0 Å². The highest BCUT2D eigenvalue weighted by atomic mass is 16.6. The second kappa shape index (κ2) is 9.38. The molecule has 26 heavy (non-hydrogen) atoms. The van der Waals surface area contributed by atoms with Gasteiger partial charge >= 0.3 is 6.09 Å². The van der Waals surface area contributed by atoms with Crippen LogP contribution in [0, 0.1) is 5.92 Å². The van der Waals surface area contributed by atoms with Crippen LogP contribution in [-0.4, -0.2) is 48.4 Å². The Morgan fingerprint density at radius 2 is 1.96 bits per heavy atom. The third-order valence-electron chi connectivity index (χ3n) is 4.30. The van der Waals surface area contributed by atoms with Crippen molar-refractivity contribution >= 4 is 6.09 Å². The number of nitrogens with one attached hydrogen (secondary N) is 1. The summed E-state index contributed by atoms with van der Waals surface area (Å²) in [4.78, 5) is 14.6. The van der Waals surface area contributed by atoms with Crippen LogP contribution < -0.4 is 5.32 Å². The molecule has 1 saturated heterocycles. The molecule has 1 amide bonds. The van der Waals surface area contributed by atoms with E-state index in [4.69, 9.17) is 9.47 Å². The van der Waals surface area contributed by atoms with Crippen LogP contribution in [0.4, 0.5) is 4.79 Å². The monoisotopic (exact) mass is 362 g/mol. The number of carbonyl (C=O) groups is 1. The molecule has 0 saturated carbocycles. The van der Waals surface area contributed by atoms with E-state index >= 15 is 0 Å². The van der Waals surface area contributed by atoms with Crippen LogP contribution in [0.15, 0.2) is 30.3 Å². The number of nitrogens with zero attached hydrogens (tertiary/aromatic N) is 1. The Hall–Kier alpha value is -1.59. The van der Waals surface area contributed by atoms with E-state index in [1.165, 1.54) is 0 Å². The fourth-order valence-electron chi connectivity index (χ4n) is 3.17. The highest BCUT2D eigenvalue weighted by Crippen LogP contribution is 2.19. The van der Waals surface area contributed by atoms with E-state index in [2.05, 4.69) is 31.3 Å². The summed E-state index contributed by atoms with van der Waals surface area (Å²) in [6.07, 6.45) is 0.738. The molecule has 5 nitrogen and oxygen atoms in total. The number of benzene rings is 1. The van der Waals surface area contributed by atoms with Crippen LogP contribution in [0.1, 0.15) is 46.6 Å². The second-order valence-corrected chi connectivity index (χ2v) is 8.52. The number of piperazine rings is 1. The molecule has 1 fully saturated rings. The van der Waals surface area contributed by atoms with Gasteiger partial charge in [0, 0.05) is 25.2 Å². The molecule has 2 atom stereocenters. The maximum Gasteiger partial charge on any atom is 0.410 e. The fraction of sp³-hybridized carbons (Fsp3) is 0.667. The average molecular weight is 363 g/mol. The lowest BCUT2D eigenvalue weighted by Gasteiger charge is -2.41. The van der Waals surface area contributed by atoms with Gasteiger partial charge in [-0.3, -0.25) is 0 Å². The van der Waals surface area contributed by atoms with Crippen LogP contribution in [0.3, 0.4) is 0 Å². The molecule has 1 heterocycles. The first-order valence-electron chi connectivity index (χ1n) is 9.59. The van der Waals surface area contributed by atoms with Gasteiger partial charge in [-0.25, -0.2) is 4.79 Å². The number of hydrogen-bond acceptors (Lipinski definition) is 4. The standard InChI is InChI=1S/C21H34N2O3/c1-16(2)11-19-12-22-18(13-23(19)20(24)26-21(3,4)5)15-25-14-17-9-7-6-8-10-17/h6-10,16,18-19,22H,11-15H2,1-5H3/t18-,19-/m1/s1. The van der Waals surface area contributed by atoms with Gasteiger partial charge in [-0.05, 0) is 38.7 Å². The van der Waals surface area contributed by atoms with Crippen molar-refractivity contribution in [3.05, 3.63) is 35.9 Å². The summed E-state index contributed by atoms with van der Waals surface area (Å²) >= 11 is 0. The van der Waals surface area contributed by atoms with Crippen LogP contribution >= 0.6 is 0 Å². The van der Waals surface area contributed by atoms with Gasteiger partial charge in [-0.2, -0.15) is 0 Å². The molecule has 1 aliphatic rings. The molecule has 0 aromatic heterocycles. The molecular formula is C21H34N2O3. The highest BCUT2D eigenvalue weighted by molar-refractivity contribution is 5.68. The molecule has 0 aliphatic carbocycles. The maximum absolute atomic E-state index is 12.7. The SMILES string of the molecule is CC(C)C[C@@H]1CN[C@@H](COCc2ccccc2)CN1C(=O)OC(C)(C)C. The molecule has 0 spiro atoms. The van der Waals surface area contributed by atoms with E-state index in [0.29, 0.717) is 25.7 Å². The van der Waals surface area contributed by atoms with Gasteiger partial charge in [-0.15, -0.1) is 0 Å². The van der Waals surface area contributed by atoms with Crippen molar-refractivity contribution in [1.82, 2.24) is 10.2 Å². The van der Waals surface area contributed by atoms with Crippen molar-refractivity contribution in [3.8, 4) is 0 Å². The van der Waals surface area contributed by atoms with Crippen LogP contribution in [0.25, 0.3) is 0 Å².